The number of nitrogens with zero attached hydrogens (tertiary/aromatic N) is 3. The number of benzene rings is 3. The second-order valence-electron chi connectivity index (χ2n) is 11.0. The summed E-state index contributed by atoms with van der Waals surface area (Å²) in [7, 11) is 0. The first kappa shape index (κ1) is 28.2. The smallest absolute Gasteiger partial charge is 0.335 e. The fourth-order valence-electron chi connectivity index (χ4n) is 5.92. The minimum Gasteiger partial charge on any atom is -0.478 e. The second-order valence-corrected chi connectivity index (χ2v) is 11.5. The van der Waals surface area contributed by atoms with E-state index < -0.39 is 11.8 Å². The average Bonchev–Trinajstić information content (AvgIpc) is 3.54. The Kier molecular flexibility index (Phi) is 7.35. The molecular formula is C34H27ClFN3O5. The van der Waals surface area contributed by atoms with E-state index in [1.807, 2.05) is 18.2 Å². The molecule has 1 aliphatic heterocycles. The van der Waals surface area contributed by atoms with Gasteiger partial charge in [0.05, 0.1) is 34.9 Å². The van der Waals surface area contributed by atoms with Gasteiger partial charge in [0.25, 0.3) is 0 Å². The first-order valence-corrected chi connectivity index (χ1v) is 14.8. The topological polar surface area (TPSA) is 104 Å². The number of hydrogen-bond donors (Lipinski definition) is 1. The van der Waals surface area contributed by atoms with E-state index in [1.165, 1.54) is 6.07 Å². The SMILES string of the molecule is O=C(O)c1ccc2nc(Cc3ccc(-c4cccc(OCc5ccc(Cl)cc5F)n4)c4c3CCC4=O)n(C[C@@H]3CCO3)c2c1. The van der Waals surface area contributed by atoms with Crippen molar-refractivity contribution < 1.29 is 28.6 Å². The Bertz CT molecular complexity index is 1950. The van der Waals surface area contributed by atoms with Gasteiger partial charge in [-0.1, -0.05) is 35.9 Å². The zero-order valence-corrected chi connectivity index (χ0v) is 24.3. The lowest BCUT2D eigenvalue weighted by atomic mass is 9.94. The largest absolute Gasteiger partial charge is 0.478 e. The Balaban J connectivity index is 1.21. The molecule has 222 valence electrons. The first-order valence-electron chi connectivity index (χ1n) is 14.4. The van der Waals surface area contributed by atoms with Crippen LogP contribution in [0.1, 0.15) is 56.1 Å². The highest BCUT2D eigenvalue weighted by Gasteiger charge is 2.28. The van der Waals surface area contributed by atoms with Crippen molar-refractivity contribution in [2.75, 3.05) is 6.61 Å². The van der Waals surface area contributed by atoms with Gasteiger partial charge in [-0.3, -0.25) is 4.79 Å². The van der Waals surface area contributed by atoms with Crippen LogP contribution >= 0.6 is 11.6 Å². The van der Waals surface area contributed by atoms with Crippen molar-refractivity contribution in [3.63, 3.8) is 0 Å². The molecule has 7 rings (SSSR count). The summed E-state index contributed by atoms with van der Waals surface area (Å²) in [5.74, 6) is -0.296. The lowest BCUT2D eigenvalue weighted by molar-refractivity contribution is -0.0589. The van der Waals surface area contributed by atoms with Gasteiger partial charge in [-0.2, -0.15) is 0 Å². The van der Waals surface area contributed by atoms with E-state index in [2.05, 4.69) is 9.55 Å². The number of ketones is 1. The zero-order valence-electron chi connectivity index (χ0n) is 23.6. The van der Waals surface area contributed by atoms with Crippen molar-refractivity contribution in [1.29, 1.82) is 0 Å². The Morgan fingerprint density at radius 3 is 2.68 bits per heavy atom. The number of imidazole rings is 1. The minimum absolute atomic E-state index is 0.0176. The standard InChI is InChI=1S/C34H27ClFN3O5/c35-22-7-4-21(26(36)16-22)18-44-32-3-1-2-27(38-32)25-8-5-19(24-9-11-30(40)33(24)25)15-31-37-28-10-6-20(34(41)42)14-29(28)39(31)17-23-12-13-43-23/h1-8,10,14,16,23H,9,11-13,15,17-18H2,(H,41,42)/t23-/m0/s1. The number of fused-ring (bicyclic) bond motifs is 2. The number of Topliss-reactive ketones (excluding diaryl/α,β-unsaturated/α-hetero) is 1. The van der Waals surface area contributed by atoms with Crippen LogP contribution in [0, 0.1) is 5.82 Å². The molecule has 1 aliphatic carbocycles. The molecule has 0 unspecified atom stereocenters. The van der Waals surface area contributed by atoms with Gasteiger partial charge in [-0.05, 0) is 60.4 Å². The van der Waals surface area contributed by atoms with Crippen LogP contribution in [0.25, 0.3) is 22.3 Å². The molecule has 1 fully saturated rings. The van der Waals surface area contributed by atoms with Gasteiger partial charge in [0.1, 0.15) is 18.2 Å². The molecule has 1 saturated heterocycles. The molecule has 10 heteroatoms. The van der Waals surface area contributed by atoms with E-state index in [4.69, 9.17) is 26.1 Å². The number of pyridine rings is 1. The highest BCUT2D eigenvalue weighted by Crippen LogP contribution is 2.36. The van der Waals surface area contributed by atoms with Crippen LogP contribution in [0.3, 0.4) is 0 Å². The van der Waals surface area contributed by atoms with E-state index in [9.17, 15) is 19.1 Å². The van der Waals surface area contributed by atoms with Crippen molar-refractivity contribution in [2.24, 2.45) is 0 Å². The van der Waals surface area contributed by atoms with Crippen LogP contribution in [0.2, 0.25) is 5.02 Å². The summed E-state index contributed by atoms with van der Waals surface area (Å²) < 4.78 is 27.8. The average molecular weight is 612 g/mol. The molecule has 1 N–H and O–H groups in total. The molecule has 0 spiro atoms. The van der Waals surface area contributed by atoms with Crippen LogP contribution < -0.4 is 4.74 Å². The number of rotatable bonds is 9. The van der Waals surface area contributed by atoms with Gasteiger partial charge in [-0.15, -0.1) is 0 Å². The van der Waals surface area contributed by atoms with Crippen LogP contribution in [0.4, 0.5) is 4.39 Å². The Morgan fingerprint density at radius 1 is 1.07 bits per heavy atom. The van der Waals surface area contributed by atoms with Gasteiger partial charge < -0.3 is 19.1 Å². The number of carboxylic acids is 1. The molecule has 1 atom stereocenters. The molecule has 44 heavy (non-hydrogen) atoms. The summed E-state index contributed by atoms with van der Waals surface area (Å²) in [5.41, 5.74) is 5.94. The quantitative estimate of drug-likeness (QED) is 0.198. The first-order chi connectivity index (χ1) is 21.3. The molecule has 2 aromatic heterocycles. The van der Waals surface area contributed by atoms with Gasteiger partial charge in [0.2, 0.25) is 5.88 Å². The third-order valence-corrected chi connectivity index (χ3v) is 8.52. The van der Waals surface area contributed by atoms with E-state index in [-0.39, 0.29) is 24.1 Å². The van der Waals surface area contributed by atoms with Gasteiger partial charge >= 0.3 is 5.97 Å². The van der Waals surface area contributed by atoms with Crippen LogP contribution in [0.5, 0.6) is 5.88 Å². The van der Waals surface area contributed by atoms with Crippen molar-refractivity contribution in [1.82, 2.24) is 14.5 Å². The number of aromatic nitrogens is 3. The van der Waals surface area contributed by atoms with Gasteiger partial charge in [0, 0.05) is 47.2 Å². The van der Waals surface area contributed by atoms with Gasteiger partial charge in [-0.25, -0.2) is 19.2 Å². The third kappa shape index (κ3) is 5.33. The Labute approximate surface area is 257 Å². The van der Waals surface area contributed by atoms with Crippen molar-refractivity contribution >= 4 is 34.4 Å². The zero-order chi connectivity index (χ0) is 30.4. The molecule has 8 nitrogen and oxygen atoms in total. The molecule has 0 amide bonds. The molecule has 0 bridgehead atoms. The van der Waals surface area contributed by atoms with E-state index in [1.54, 1.807) is 42.5 Å². The van der Waals surface area contributed by atoms with Crippen molar-refractivity contribution in [2.45, 2.75) is 44.9 Å². The number of hydrogen-bond acceptors (Lipinski definition) is 6. The highest BCUT2D eigenvalue weighted by molar-refractivity contribution is 6.30. The van der Waals surface area contributed by atoms with E-state index in [0.29, 0.717) is 65.7 Å². The number of aromatic carboxylic acids is 1. The molecule has 3 heterocycles. The third-order valence-electron chi connectivity index (χ3n) is 8.28. The number of carbonyl (C=O) groups excluding carboxylic acids is 1. The normalized spacial score (nSPS) is 15.8. The Hall–Kier alpha value is -4.60. The monoisotopic (exact) mass is 611 g/mol. The summed E-state index contributed by atoms with van der Waals surface area (Å²) in [6, 6.07) is 18.6. The lowest BCUT2D eigenvalue weighted by Crippen LogP contribution is -2.31. The lowest BCUT2D eigenvalue weighted by Gasteiger charge is -2.27. The van der Waals surface area contributed by atoms with E-state index in [0.717, 1.165) is 34.5 Å². The summed E-state index contributed by atoms with van der Waals surface area (Å²) in [6.07, 6.45) is 2.47. The maximum absolute atomic E-state index is 14.2. The summed E-state index contributed by atoms with van der Waals surface area (Å²) in [6.45, 7) is 1.27. The molecule has 5 aromatic rings. The maximum Gasteiger partial charge on any atom is 0.335 e. The molecule has 2 aliphatic rings. The summed E-state index contributed by atoms with van der Waals surface area (Å²) in [4.78, 5) is 34.4. The van der Waals surface area contributed by atoms with Gasteiger partial charge in [0.15, 0.2) is 5.78 Å². The summed E-state index contributed by atoms with van der Waals surface area (Å²) in [5, 5.41) is 9.88. The summed E-state index contributed by atoms with van der Waals surface area (Å²) >= 11 is 5.86. The minimum atomic E-state index is -0.992. The predicted molar refractivity (Wildman–Crippen MR) is 162 cm³/mol. The number of halogens is 2. The highest BCUT2D eigenvalue weighted by atomic mass is 35.5. The van der Waals surface area contributed by atoms with Crippen molar-refractivity contribution in [3.8, 4) is 17.1 Å². The molecule has 0 radical (unpaired) electrons. The number of carbonyl (C=O) groups is 2. The second kappa shape index (κ2) is 11.5. The number of carboxylic acid groups (broad SMARTS) is 1. The molecule has 3 aromatic carbocycles. The van der Waals surface area contributed by atoms with Crippen molar-refractivity contribution in [3.05, 3.63) is 111 Å². The fourth-order valence-corrected chi connectivity index (χ4v) is 6.08. The Morgan fingerprint density at radius 2 is 1.91 bits per heavy atom. The fraction of sp³-hybridized carbons (Fsp3) is 0.235. The van der Waals surface area contributed by atoms with Crippen LogP contribution in [-0.2, 0) is 30.7 Å². The van der Waals surface area contributed by atoms with Crippen LogP contribution in [0.15, 0.2) is 66.7 Å². The van der Waals surface area contributed by atoms with Crippen LogP contribution in [-0.4, -0.2) is 44.1 Å². The van der Waals surface area contributed by atoms with E-state index >= 15 is 0 Å². The number of ether oxygens (including phenoxy) is 2. The predicted octanol–water partition coefficient (Wildman–Crippen LogP) is 6.68. The molecular weight excluding hydrogens is 585 g/mol. The molecule has 0 saturated carbocycles. The maximum atomic E-state index is 14.2.